The first kappa shape index (κ1) is 24.6. The summed E-state index contributed by atoms with van der Waals surface area (Å²) in [5.74, 6) is 0.0139. The van der Waals surface area contributed by atoms with E-state index < -0.39 is 0 Å². The lowest BCUT2D eigenvalue weighted by atomic mass is 10.1. The van der Waals surface area contributed by atoms with Gasteiger partial charge in [-0.25, -0.2) is 0 Å². The molecule has 1 aromatic rings. The van der Waals surface area contributed by atoms with Crippen LogP contribution in [0.4, 0.5) is 5.69 Å². The van der Waals surface area contributed by atoms with Crippen molar-refractivity contribution in [2.45, 2.75) is 104 Å². The van der Waals surface area contributed by atoms with Gasteiger partial charge in [0, 0.05) is 12.1 Å². The van der Waals surface area contributed by atoms with Crippen LogP contribution in [0.25, 0.3) is 0 Å². The van der Waals surface area contributed by atoms with Crippen LogP contribution in [-0.2, 0) is 11.2 Å². The molecule has 28 heavy (non-hydrogen) atoms. The first-order valence-electron chi connectivity index (χ1n) is 11.3. The Kier molecular flexibility index (Phi) is 13.6. The molecule has 0 bridgehead atoms. The van der Waals surface area contributed by atoms with E-state index in [-0.39, 0.29) is 5.91 Å². The third-order valence-corrected chi connectivity index (χ3v) is 5.44. The second-order valence-corrected chi connectivity index (χ2v) is 8.16. The normalized spacial score (nSPS) is 10.7. The summed E-state index contributed by atoms with van der Waals surface area (Å²) >= 11 is 5.32. The number of carbonyl (C=O) groups excluding carboxylic acids is 1. The molecule has 0 fully saturated rings. The minimum Gasteiger partial charge on any atom is -0.332 e. The number of para-hydroxylation sites is 1. The van der Waals surface area contributed by atoms with Gasteiger partial charge in [0.15, 0.2) is 5.11 Å². The second kappa shape index (κ2) is 15.5. The smallest absolute Gasteiger partial charge is 0.226 e. The molecule has 0 unspecified atom stereocenters. The van der Waals surface area contributed by atoms with Gasteiger partial charge in [0.2, 0.25) is 5.91 Å². The van der Waals surface area contributed by atoms with Gasteiger partial charge in [0.05, 0.1) is 0 Å². The number of nitrogens with one attached hydrogen (secondary N) is 2. The summed E-state index contributed by atoms with van der Waals surface area (Å²) in [6, 6.07) is 6.19. The first-order valence-corrected chi connectivity index (χ1v) is 11.7. The van der Waals surface area contributed by atoms with Crippen molar-refractivity contribution in [2.24, 2.45) is 0 Å². The number of carbonyl (C=O) groups is 1. The molecule has 0 atom stereocenters. The van der Waals surface area contributed by atoms with E-state index in [4.69, 9.17) is 12.2 Å². The van der Waals surface area contributed by atoms with Crippen molar-refractivity contribution in [3.8, 4) is 0 Å². The fourth-order valence-corrected chi connectivity index (χ4v) is 3.70. The topological polar surface area (TPSA) is 41.1 Å². The van der Waals surface area contributed by atoms with Crippen LogP contribution in [0.1, 0.15) is 102 Å². The molecule has 0 saturated carbocycles. The van der Waals surface area contributed by atoms with Gasteiger partial charge in [0.25, 0.3) is 0 Å². The Bertz CT molecular complexity index is 586. The van der Waals surface area contributed by atoms with E-state index in [1.807, 2.05) is 6.07 Å². The van der Waals surface area contributed by atoms with Crippen molar-refractivity contribution in [2.75, 3.05) is 5.32 Å². The number of anilines is 1. The SMILES string of the molecule is CCCCCCCCCCCCCC(=O)NC(=S)Nc1c(C)cccc1CC. The number of benzene rings is 1. The largest absolute Gasteiger partial charge is 0.332 e. The highest BCUT2D eigenvalue weighted by Crippen LogP contribution is 2.21. The summed E-state index contributed by atoms with van der Waals surface area (Å²) in [5, 5.41) is 6.43. The van der Waals surface area contributed by atoms with E-state index in [1.165, 1.54) is 63.4 Å². The Balaban J connectivity index is 2.10. The number of aryl methyl sites for hydroxylation is 2. The fraction of sp³-hybridized carbons (Fsp3) is 0.667. The van der Waals surface area contributed by atoms with Crippen LogP contribution in [0.3, 0.4) is 0 Å². The molecule has 0 radical (unpaired) electrons. The monoisotopic (exact) mass is 404 g/mol. The maximum Gasteiger partial charge on any atom is 0.226 e. The zero-order valence-electron chi connectivity index (χ0n) is 18.2. The van der Waals surface area contributed by atoms with Gasteiger partial charge >= 0.3 is 0 Å². The van der Waals surface area contributed by atoms with Crippen LogP contribution in [-0.4, -0.2) is 11.0 Å². The van der Waals surface area contributed by atoms with Gasteiger partial charge in [-0.1, -0.05) is 96.3 Å². The summed E-state index contributed by atoms with van der Waals surface area (Å²) in [6.45, 7) is 6.43. The predicted molar refractivity (Wildman–Crippen MR) is 126 cm³/mol. The molecule has 1 rings (SSSR count). The molecule has 0 saturated heterocycles. The Morgan fingerprint density at radius 1 is 0.893 bits per heavy atom. The minimum atomic E-state index is 0.0139. The summed E-state index contributed by atoms with van der Waals surface area (Å²) < 4.78 is 0. The average Bonchev–Trinajstić information content (AvgIpc) is 2.67. The highest BCUT2D eigenvalue weighted by atomic mass is 32.1. The molecule has 4 heteroatoms. The van der Waals surface area contributed by atoms with Gasteiger partial charge in [0.1, 0.15) is 0 Å². The van der Waals surface area contributed by atoms with E-state index in [0.29, 0.717) is 11.5 Å². The van der Waals surface area contributed by atoms with Crippen LogP contribution in [0.5, 0.6) is 0 Å². The molecular weight excluding hydrogens is 364 g/mol. The quantitative estimate of drug-likeness (QED) is 0.257. The summed E-state index contributed by atoms with van der Waals surface area (Å²) in [4.78, 5) is 12.1. The van der Waals surface area contributed by atoms with Gasteiger partial charge in [-0.3, -0.25) is 4.79 Å². The highest BCUT2D eigenvalue weighted by molar-refractivity contribution is 7.80. The standard InChI is InChI=1S/C24H40N2OS/c1-4-6-7-8-9-10-11-12-13-14-15-19-22(27)25-24(28)26-23-20(3)17-16-18-21(23)5-2/h16-18H,4-15,19H2,1-3H3,(H2,25,26,27,28). The second-order valence-electron chi connectivity index (χ2n) is 7.75. The van der Waals surface area contributed by atoms with E-state index in [2.05, 4.69) is 43.5 Å². The number of rotatable bonds is 14. The lowest BCUT2D eigenvalue weighted by Crippen LogP contribution is -2.34. The molecule has 158 valence electrons. The van der Waals surface area contributed by atoms with Gasteiger partial charge in [-0.2, -0.15) is 0 Å². The molecule has 0 heterocycles. The lowest BCUT2D eigenvalue weighted by Gasteiger charge is -2.15. The molecular formula is C24H40N2OS. The molecule has 1 amide bonds. The Hall–Kier alpha value is -1.42. The number of amides is 1. The lowest BCUT2D eigenvalue weighted by molar-refractivity contribution is -0.119. The van der Waals surface area contributed by atoms with Gasteiger partial charge in [-0.05, 0) is 43.1 Å². The molecule has 0 aromatic heterocycles. The Morgan fingerprint density at radius 3 is 2.04 bits per heavy atom. The molecule has 0 aliphatic rings. The van der Waals surface area contributed by atoms with Crippen molar-refractivity contribution < 1.29 is 4.79 Å². The maximum atomic E-state index is 12.1. The van der Waals surface area contributed by atoms with E-state index in [0.717, 1.165) is 30.5 Å². The Labute approximate surface area is 178 Å². The van der Waals surface area contributed by atoms with E-state index in [1.54, 1.807) is 0 Å². The van der Waals surface area contributed by atoms with E-state index in [9.17, 15) is 4.79 Å². The highest BCUT2D eigenvalue weighted by Gasteiger charge is 2.08. The number of unbranched alkanes of at least 4 members (excludes halogenated alkanes) is 10. The molecule has 3 nitrogen and oxygen atoms in total. The third kappa shape index (κ3) is 10.8. The number of hydrogen-bond acceptors (Lipinski definition) is 2. The predicted octanol–water partition coefficient (Wildman–Crippen LogP) is 7.07. The van der Waals surface area contributed by atoms with Crippen LogP contribution in [0, 0.1) is 6.92 Å². The summed E-state index contributed by atoms with van der Waals surface area (Å²) in [7, 11) is 0. The van der Waals surface area contributed by atoms with Crippen molar-refractivity contribution in [1.29, 1.82) is 0 Å². The van der Waals surface area contributed by atoms with Crippen molar-refractivity contribution in [1.82, 2.24) is 5.32 Å². The van der Waals surface area contributed by atoms with Gasteiger partial charge in [-0.15, -0.1) is 0 Å². The maximum absolute atomic E-state index is 12.1. The van der Waals surface area contributed by atoms with Crippen molar-refractivity contribution in [3.05, 3.63) is 29.3 Å². The average molecular weight is 405 g/mol. The van der Waals surface area contributed by atoms with Crippen LogP contribution in [0.2, 0.25) is 0 Å². The first-order chi connectivity index (χ1) is 13.6. The summed E-state index contributed by atoms with van der Waals surface area (Å²) in [5.41, 5.74) is 3.37. The fourth-order valence-electron chi connectivity index (χ4n) is 3.49. The molecule has 2 N–H and O–H groups in total. The third-order valence-electron chi connectivity index (χ3n) is 5.24. The van der Waals surface area contributed by atoms with Crippen LogP contribution in [0.15, 0.2) is 18.2 Å². The minimum absolute atomic E-state index is 0.0139. The molecule has 0 aliphatic carbocycles. The zero-order valence-corrected chi connectivity index (χ0v) is 19.1. The van der Waals surface area contributed by atoms with E-state index >= 15 is 0 Å². The number of hydrogen-bond donors (Lipinski definition) is 2. The van der Waals surface area contributed by atoms with Gasteiger partial charge < -0.3 is 10.6 Å². The van der Waals surface area contributed by atoms with Crippen LogP contribution < -0.4 is 10.6 Å². The molecule has 0 spiro atoms. The summed E-state index contributed by atoms with van der Waals surface area (Å²) in [6.07, 6.45) is 15.6. The van der Waals surface area contributed by atoms with Crippen LogP contribution >= 0.6 is 12.2 Å². The van der Waals surface area contributed by atoms with Crippen molar-refractivity contribution in [3.63, 3.8) is 0 Å². The zero-order chi connectivity index (χ0) is 20.6. The molecule has 0 aliphatic heterocycles. The van der Waals surface area contributed by atoms with Crippen molar-refractivity contribution >= 4 is 28.9 Å². The molecule has 1 aromatic carbocycles. The Morgan fingerprint density at radius 2 is 1.46 bits per heavy atom. The number of thiocarbonyl (C=S) groups is 1.